The van der Waals surface area contributed by atoms with Gasteiger partial charge in [0.1, 0.15) is 22.9 Å². The number of benzene rings is 2. The molecule has 1 atom stereocenters. The number of nitrogens with one attached hydrogen (secondary N) is 1. The largest absolute Gasteiger partial charge is 0.380 e. The van der Waals surface area contributed by atoms with Crippen LogP contribution in [0.1, 0.15) is 23.7 Å². The molecule has 0 aliphatic rings. The van der Waals surface area contributed by atoms with Gasteiger partial charge in [0.25, 0.3) is 0 Å². The summed E-state index contributed by atoms with van der Waals surface area (Å²) in [5, 5.41) is 18.9. The Morgan fingerprint density at radius 3 is 2.48 bits per heavy atom. The highest BCUT2D eigenvalue weighted by Gasteiger charge is 2.35. The summed E-state index contributed by atoms with van der Waals surface area (Å²) in [6, 6.07) is 7.90. The van der Waals surface area contributed by atoms with Crippen LogP contribution in [0.5, 0.6) is 0 Å². The first kappa shape index (κ1) is 17.9. The number of aryl methyl sites for hydroxylation is 1. The number of halogens is 4. The normalized spacial score (nSPS) is 13.7. The smallest absolute Gasteiger partial charge is 0.132 e. The molecule has 1 aromatic heterocycles. The van der Waals surface area contributed by atoms with Crippen LogP contribution < -0.4 is 0 Å². The molecule has 2 aromatic carbocycles. The Morgan fingerprint density at radius 1 is 1.12 bits per heavy atom. The van der Waals surface area contributed by atoms with Gasteiger partial charge in [-0.1, -0.05) is 23.2 Å². The zero-order chi connectivity index (χ0) is 18.4. The van der Waals surface area contributed by atoms with Gasteiger partial charge in [0.15, 0.2) is 0 Å². The van der Waals surface area contributed by atoms with Crippen molar-refractivity contribution in [3.63, 3.8) is 0 Å². The van der Waals surface area contributed by atoms with Crippen LogP contribution in [0.3, 0.4) is 0 Å². The minimum Gasteiger partial charge on any atom is -0.380 e. The number of hydrogen-bond donors (Lipinski definition) is 2. The molecule has 3 aromatic rings. The molecule has 0 bridgehead atoms. The number of aromatic nitrogens is 2. The SMILES string of the molecule is Cc1[nH]nc(-c2ccc(Cl)cc2Cl)c1C(C)(O)c1ccc(F)cc1F. The maximum absolute atomic E-state index is 14.3. The molecule has 130 valence electrons. The second-order valence-electron chi connectivity index (χ2n) is 5.89. The van der Waals surface area contributed by atoms with Gasteiger partial charge in [0.05, 0.1) is 5.02 Å². The van der Waals surface area contributed by atoms with Gasteiger partial charge in [-0.05, 0) is 44.2 Å². The molecule has 7 heteroatoms. The minimum atomic E-state index is -1.76. The summed E-state index contributed by atoms with van der Waals surface area (Å²) in [4.78, 5) is 0. The van der Waals surface area contributed by atoms with Crippen molar-refractivity contribution in [2.45, 2.75) is 19.4 Å². The Hall–Kier alpha value is -1.95. The van der Waals surface area contributed by atoms with E-state index in [0.29, 0.717) is 32.6 Å². The molecule has 0 fully saturated rings. The molecule has 0 aliphatic carbocycles. The van der Waals surface area contributed by atoms with Gasteiger partial charge in [0, 0.05) is 33.5 Å². The first-order valence-corrected chi connectivity index (χ1v) is 8.16. The number of aliphatic hydroxyl groups is 1. The number of nitrogens with zero attached hydrogens (tertiary/aromatic N) is 1. The first-order valence-electron chi connectivity index (χ1n) is 7.40. The summed E-state index contributed by atoms with van der Waals surface area (Å²) in [5.41, 5.74) is -0.0320. The molecule has 0 saturated heterocycles. The number of aromatic amines is 1. The van der Waals surface area contributed by atoms with Crippen LogP contribution in [-0.4, -0.2) is 15.3 Å². The summed E-state index contributed by atoms with van der Waals surface area (Å²) < 4.78 is 27.5. The topological polar surface area (TPSA) is 48.9 Å². The molecule has 2 N–H and O–H groups in total. The lowest BCUT2D eigenvalue weighted by atomic mass is 9.85. The van der Waals surface area contributed by atoms with Crippen molar-refractivity contribution in [3.8, 4) is 11.3 Å². The first-order chi connectivity index (χ1) is 11.7. The Morgan fingerprint density at radius 2 is 1.84 bits per heavy atom. The number of hydrogen-bond acceptors (Lipinski definition) is 2. The second-order valence-corrected chi connectivity index (χ2v) is 6.74. The third kappa shape index (κ3) is 3.15. The van der Waals surface area contributed by atoms with E-state index in [4.69, 9.17) is 23.2 Å². The third-order valence-electron chi connectivity index (χ3n) is 4.08. The van der Waals surface area contributed by atoms with Gasteiger partial charge in [-0.25, -0.2) is 8.78 Å². The summed E-state index contributed by atoms with van der Waals surface area (Å²) in [6.07, 6.45) is 0. The van der Waals surface area contributed by atoms with E-state index >= 15 is 0 Å². The van der Waals surface area contributed by atoms with Crippen molar-refractivity contribution >= 4 is 23.2 Å². The van der Waals surface area contributed by atoms with Crippen molar-refractivity contribution in [2.24, 2.45) is 0 Å². The van der Waals surface area contributed by atoms with E-state index in [0.717, 1.165) is 12.1 Å². The van der Waals surface area contributed by atoms with Crippen molar-refractivity contribution in [1.29, 1.82) is 0 Å². The quantitative estimate of drug-likeness (QED) is 0.651. The molecule has 0 amide bonds. The van der Waals surface area contributed by atoms with E-state index < -0.39 is 17.2 Å². The lowest BCUT2D eigenvalue weighted by Crippen LogP contribution is -2.25. The molecular formula is C18H14Cl2F2N2O. The van der Waals surface area contributed by atoms with Gasteiger partial charge in [-0.3, -0.25) is 5.10 Å². The lowest BCUT2D eigenvalue weighted by Gasteiger charge is -2.26. The predicted octanol–water partition coefficient (Wildman–Crippen LogP) is 5.23. The van der Waals surface area contributed by atoms with E-state index in [1.807, 2.05) is 0 Å². The van der Waals surface area contributed by atoms with E-state index in [1.54, 1.807) is 25.1 Å². The number of rotatable bonds is 3. The average Bonchev–Trinajstić information content (AvgIpc) is 2.89. The predicted molar refractivity (Wildman–Crippen MR) is 93.8 cm³/mol. The highest BCUT2D eigenvalue weighted by Crippen LogP contribution is 2.40. The zero-order valence-electron chi connectivity index (χ0n) is 13.4. The molecule has 1 unspecified atom stereocenters. The van der Waals surface area contributed by atoms with Gasteiger partial charge >= 0.3 is 0 Å². The summed E-state index contributed by atoms with van der Waals surface area (Å²) in [6.45, 7) is 3.13. The van der Waals surface area contributed by atoms with Gasteiger partial charge in [-0.15, -0.1) is 0 Å². The molecule has 3 nitrogen and oxygen atoms in total. The van der Waals surface area contributed by atoms with Crippen LogP contribution in [-0.2, 0) is 5.60 Å². The standard InChI is InChI=1S/C18H14Cl2F2N2O/c1-9-16(18(2,25)13-6-4-11(21)8-15(13)22)17(24-23-9)12-5-3-10(19)7-14(12)20/h3-8,25H,1-2H3,(H,23,24). The average molecular weight is 383 g/mol. The third-order valence-corrected chi connectivity index (χ3v) is 4.62. The lowest BCUT2D eigenvalue weighted by molar-refractivity contribution is 0.0978. The van der Waals surface area contributed by atoms with Crippen molar-refractivity contribution in [1.82, 2.24) is 10.2 Å². The molecule has 1 heterocycles. The van der Waals surface area contributed by atoms with Gasteiger partial charge in [-0.2, -0.15) is 5.10 Å². The minimum absolute atomic E-state index is 0.0651. The summed E-state index contributed by atoms with van der Waals surface area (Å²) >= 11 is 12.2. The van der Waals surface area contributed by atoms with Crippen molar-refractivity contribution < 1.29 is 13.9 Å². The summed E-state index contributed by atoms with van der Waals surface area (Å²) in [7, 11) is 0. The monoisotopic (exact) mass is 382 g/mol. The molecule has 0 saturated carbocycles. The Labute approximate surface area is 153 Å². The van der Waals surface area contributed by atoms with E-state index in [9.17, 15) is 13.9 Å². The van der Waals surface area contributed by atoms with Crippen LogP contribution in [0.4, 0.5) is 8.78 Å². The molecule has 0 spiro atoms. The second kappa shape index (κ2) is 6.41. The van der Waals surface area contributed by atoms with E-state index in [1.165, 1.54) is 13.0 Å². The zero-order valence-corrected chi connectivity index (χ0v) is 14.9. The van der Waals surface area contributed by atoms with E-state index in [2.05, 4.69) is 10.2 Å². The highest BCUT2D eigenvalue weighted by atomic mass is 35.5. The van der Waals surface area contributed by atoms with Crippen LogP contribution in [0.2, 0.25) is 10.0 Å². The van der Waals surface area contributed by atoms with Crippen molar-refractivity contribution in [3.05, 3.63) is 74.9 Å². The Balaban J connectivity index is 2.22. The molecule has 0 radical (unpaired) electrons. The van der Waals surface area contributed by atoms with Crippen molar-refractivity contribution in [2.75, 3.05) is 0 Å². The van der Waals surface area contributed by atoms with E-state index in [-0.39, 0.29) is 5.56 Å². The fourth-order valence-electron chi connectivity index (χ4n) is 2.92. The molecule has 25 heavy (non-hydrogen) atoms. The van der Waals surface area contributed by atoms with Gasteiger partial charge in [0.2, 0.25) is 0 Å². The molecular weight excluding hydrogens is 369 g/mol. The molecule has 3 rings (SSSR count). The Kier molecular flexibility index (Phi) is 4.58. The van der Waals surface area contributed by atoms with Crippen LogP contribution >= 0.6 is 23.2 Å². The van der Waals surface area contributed by atoms with Crippen LogP contribution in [0, 0.1) is 18.6 Å². The Bertz CT molecular complexity index is 954. The fourth-order valence-corrected chi connectivity index (χ4v) is 3.42. The summed E-state index contributed by atoms with van der Waals surface area (Å²) in [5.74, 6) is -1.57. The maximum Gasteiger partial charge on any atom is 0.132 e. The molecule has 0 aliphatic heterocycles. The van der Waals surface area contributed by atoms with Gasteiger partial charge < -0.3 is 5.11 Å². The maximum atomic E-state index is 14.3. The van der Waals surface area contributed by atoms with Crippen LogP contribution in [0.15, 0.2) is 36.4 Å². The van der Waals surface area contributed by atoms with Crippen LogP contribution in [0.25, 0.3) is 11.3 Å². The highest BCUT2D eigenvalue weighted by molar-refractivity contribution is 6.36. The number of H-pyrrole nitrogens is 1. The fraction of sp³-hybridized carbons (Fsp3) is 0.167.